The van der Waals surface area contributed by atoms with E-state index >= 15 is 0 Å². The average molecular weight is 486 g/mol. The van der Waals surface area contributed by atoms with Crippen LogP contribution in [0.25, 0.3) is 10.2 Å². The predicted molar refractivity (Wildman–Crippen MR) is 122 cm³/mol. The topological polar surface area (TPSA) is 51.0 Å². The fraction of sp³-hybridized carbons (Fsp3) is 0.211. The number of anilines is 1. The third-order valence-electron chi connectivity index (χ3n) is 4.46. The normalized spacial score (nSPS) is 11.3. The molecular weight excluding hydrogens is 471 g/mol. The Morgan fingerprint density at radius 1 is 1.24 bits per heavy atom. The molecule has 0 saturated carbocycles. The highest BCUT2D eigenvalue weighted by Crippen LogP contribution is 2.36. The van der Waals surface area contributed by atoms with Crippen LogP contribution in [0, 0.1) is 6.92 Å². The number of amides is 1. The lowest BCUT2D eigenvalue weighted by molar-refractivity contribution is 0.0987. The molecule has 0 spiro atoms. The SMILES string of the molecule is Cc1c(Cl)ccc2sc(N(CCCn3ccnc3)C(=O)c3cc(Cl)sc3Cl)nc12. The number of carbonyl (C=O) groups excluding carboxylic acids is 1. The first kappa shape index (κ1) is 20.6. The molecule has 0 aliphatic rings. The van der Waals surface area contributed by atoms with E-state index < -0.39 is 0 Å². The van der Waals surface area contributed by atoms with E-state index in [0.717, 1.165) is 28.7 Å². The summed E-state index contributed by atoms with van der Waals surface area (Å²) in [6.07, 6.45) is 6.11. The summed E-state index contributed by atoms with van der Waals surface area (Å²) in [5, 5.41) is 1.26. The number of aromatic nitrogens is 3. The summed E-state index contributed by atoms with van der Waals surface area (Å²) in [4.78, 5) is 23.7. The van der Waals surface area contributed by atoms with E-state index in [1.165, 1.54) is 22.7 Å². The molecule has 3 aromatic heterocycles. The Morgan fingerprint density at radius 2 is 2.07 bits per heavy atom. The summed E-state index contributed by atoms with van der Waals surface area (Å²) in [6.45, 7) is 3.14. The Kier molecular flexibility index (Phi) is 6.13. The van der Waals surface area contributed by atoms with E-state index in [4.69, 9.17) is 39.8 Å². The lowest BCUT2D eigenvalue weighted by atomic mass is 10.2. The maximum Gasteiger partial charge on any atom is 0.262 e. The smallest absolute Gasteiger partial charge is 0.262 e. The standard InChI is InChI=1S/C19H15Cl3N4OS2/c1-11-13(20)3-4-14-16(11)24-19(28-14)26(7-2-6-25-8-5-23-10-25)18(27)12-9-15(21)29-17(12)22/h3-5,8-10H,2,6-7H2,1H3. The maximum atomic E-state index is 13.3. The van der Waals surface area contributed by atoms with E-state index in [1.807, 2.05) is 29.8 Å². The van der Waals surface area contributed by atoms with E-state index in [-0.39, 0.29) is 5.91 Å². The van der Waals surface area contributed by atoms with Crippen LogP contribution in [-0.2, 0) is 6.54 Å². The molecule has 0 radical (unpaired) electrons. The maximum absolute atomic E-state index is 13.3. The number of thiophene rings is 1. The highest BCUT2D eigenvalue weighted by Gasteiger charge is 2.25. The minimum atomic E-state index is -0.216. The fourth-order valence-electron chi connectivity index (χ4n) is 2.95. The van der Waals surface area contributed by atoms with Crippen LogP contribution in [-0.4, -0.2) is 27.0 Å². The van der Waals surface area contributed by atoms with Crippen molar-refractivity contribution >= 4 is 78.7 Å². The van der Waals surface area contributed by atoms with Gasteiger partial charge in [-0.15, -0.1) is 11.3 Å². The van der Waals surface area contributed by atoms with Crippen molar-refractivity contribution in [3.63, 3.8) is 0 Å². The van der Waals surface area contributed by atoms with Gasteiger partial charge in [0.25, 0.3) is 5.91 Å². The van der Waals surface area contributed by atoms with Gasteiger partial charge in [0.1, 0.15) is 4.34 Å². The van der Waals surface area contributed by atoms with Gasteiger partial charge in [-0.05, 0) is 37.1 Å². The Morgan fingerprint density at radius 3 is 2.76 bits per heavy atom. The monoisotopic (exact) mass is 484 g/mol. The molecule has 29 heavy (non-hydrogen) atoms. The number of hydrogen-bond donors (Lipinski definition) is 0. The van der Waals surface area contributed by atoms with Crippen LogP contribution in [0.5, 0.6) is 0 Å². The second kappa shape index (κ2) is 8.62. The van der Waals surface area contributed by atoms with Crippen molar-refractivity contribution in [3.05, 3.63) is 61.7 Å². The molecule has 150 valence electrons. The van der Waals surface area contributed by atoms with Crippen LogP contribution in [0.2, 0.25) is 13.7 Å². The van der Waals surface area contributed by atoms with E-state index in [2.05, 4.69) is 4.98 Å². The predicted octanol–water partition coefficient (Wildman–Crippen LogP) is 6.56. The molecule has 0 saturated heterocycles. The molecule has 0 unspecified atom stereocenters. The van der Waals surface area contributed by atoms with Gasteiger partial charge >= 0.3 is 0 Å². The molecule has 10 heteroatoms. The van der Waals surface area contributed by atoms with Crippen LogP contribution in [0.3, 0.4) is 0 Å². The zero-order valence-corrected chi connectivity index (χ0v) is 19.1. The summed E-state index contributed by atoms with van der Waals surface area (Å²) in [6, 6.07) is 5.38. The van der Waals surface area contributed by atoms with Crippen LogP contribution < -0.4 is 4.90 Å². The number of fused-ring (bicyclic) bond motifs is 1. The van der Waals surface area contributed by atoms with Crippen LogP contribution >= 0.6 is 57.5 Å². The molecule has 4 aromatic rings. The van der Waals surface area contributed by atoms with E-state index in [1.54, 1.807) is 23.5 Å². The van der Waals surface area contributed by atoms with Crippen LogP contribution in [0.1, 0.15) is 22.3 Å². The first-order valence-electron chi connectivity index (χ1n) is 8.72. The third kappa shape index (κ3) is 4.29. The number of thiazole rings is 1. The number of aryl methyl sites for hydroxylation is 2. The van der Waals surface area contributed by atoms with Gasteiger partial charge in [-0.3, -0.25) is 9.69 Å². The van der Waals surface area contributed by atoms with Gasteiger partial charge in [0.05, 0.1) is 26.4 Å². The highest BCUT2D eigenvalue weighted by molar-refractivity contribution is 7.22. The van der Waals surface area contributed by atoms with Crippen molar-refractivity contribution in [1.82, 2.24) is 14.5 Å². The summed E-state index contributed by atoms with van der Waals surface area (Å²) >= 11 is 21.2. The van der Waals surface area contributed by atoms with Gasteiger partial charge in [0.2, 0.25) is 0 Å². The molecule has 1 amide bonds. The largest absolute Gasteiger partial charge is 0.337 e. The lowest BCUT2D eigenvalue weighted by Gasteiger charge is -2.19. The number of rotatable bonds is 6. The molecule has 0 N–H and O–H groups in total. The molecule has 0 atom stereocenters. The molecule has 0 aliphatic heterocycles. The second-order valence-electron chi connectivity index (χ2n) is 6.36. The van der Waals surface area contributed by atoms with Gasteiger partial charge in [-0.1, -0.05) is 46.1 Å². The number of halogens is 3. The summed E-state index contributed by atoms with van der Waals surface area (Å²) in [5.41, 5.74) is 2.09. The summed E-state index contributed by atoms with van der Waals surface area (Å²) in [5.74, 6) is -0.216. The molecule has 5 nitrogen and oxygen atoms in total. The Balaban J connectivity index is 1.68. The minimum Gasteiger partial charge on any atom is -0.337 e. The minimum absolute atomic E-state index is 0.216. The van der Waals surface area contributed by atoms with Crippen LogP contribution in [0.4, 0.5) is 5.13 Å². The van der Waals surface area contributed by atoms with Crippen LogP contribution in [0.15, 0.2) is 36.9 Å². The zero-order chi connectivity index (χ0) is 20.5. The molecule has 4 rings (SSSR count). The van der Waals surface area contributed by atoms with Gasteiger partial charge in [0, 0.05) is 30.5 Å². The lowest BCUT2D eigenvalue weighted by Crippen LogP contribution is -2.32. The zero-order valence-electron chi connectivity index (χ0n) is 15.2. The first-order chi connectivity index (χ1) is 13.9. The van der Waals surface area contributed by atoms with Gasteiger partial charge in [-0.2, -0.15) is 0 Å². The number of hydrogen-bond acceptors (Lipinski definition) is 5. The van der Waals surface area contributed by atoms with Crippen molar-refractivity contribution in [1.29, 1.82) is 0 Å². The van der Waals surface area contributed by atoms with E-state index in [0.29, 0.717) is 30.9 Å². The van der Waals surface area contributed by atoms with Crippen molar-refractivity contribution in [2.24, 2.45) is 0 Å². The molecule has 0 bridgehead atoms. The average Bonchev–Trinajstić information content (AvgIpc) is 3.41. The molecular formula is C19H15Cl3N4OS2. The highest BCUT2D eigenvalue weighted by atomic mass is 35.5. The fourth-order valence-corrected chi connectivity index (χ4v) is 5.60. The number of nitrogens with zero attached hydrogens (tertiary/aromatic N) is 4. The molecule has 3 heterocycles. The van der Waals surface area contributed by atoms with Gasteiger partial charge in [-0.25, -0.2) is 9.97 Å². The third-order valence-corrected chi connectivity index (χ3v) is 7.40. The van der Waals surface area contributed by atoms with Crippen molar-refractivity contribution < 1.29 is 4.79 Å². The summed E-state index contributed by atoms with van der Waals surface area (Å²) < 4.78 is 3.80. The Labute approximate surface area is 190 Å². The molecule has 1 aromatic carbocycles. The number of benzene rings is 1. The number of carbonyl (C=O) groups is 1. The summed E-state index contributed by atoms with van der Waals surface area (Å²) in [7, 11) is 0. The van der Waals surface area contributed by atoms with Gasteiger partial charge < -0.3 is 4.57 Å². The Hall–Kier alpha value is -1.64. The van der Waals surface area contributed by atoms with E-state index in [9.17, 15) is 4.79 Å². The second-order valence-corrected chi connectivity index (χ2v) is 10.1. The van der Waals surface area contributed by atoms with Gasteiger partial charge in [0.15, 0.2) is 5.13 Å². The van der Waals surface area contributed by atoms with Crippen molar-refractivity contribution in [3.8, 4) is 0 Å². The molecule has 0 aliphatic carbocycles. The quantitative estimate of drug-likeness (QED) is 0.311. The molecule has 0 fully saturated rings. The number of imidazole rings is 1. The Bertz CT molecular complexity index is 1170. The van der Waals surface area contributed by atoms with Crippen molar-refractivity contribution in [2.75, 3.05) is 11.4 Å². The first-order valence-corrected chi connectivity index (χ1v) is 11.5. The van der Waals surface area contributed by atoms with Crippen molar-refractivity contribution in [2.45, 2.75) is 19.9 Å².